The number of amides is 6. The number of aromatic nitrogens is 2. The van der Waals surface area contributed by atoms with E-state index in [4.69, 9.17) is 31.9 Å². The Bertz CT molecular complexity index is 2970. The molecule has 0 bridgehead atoms. The zero-order chi connectivity index (χ0) is 50.6. The van der Waals surface area contributed by atoms with Crippen LogP contribution >= 0.6 is 11.6 Å². The van der Waals surface area contributed by atoms with Crippen LogP contribution in [0.1, 0.15) is 104 Å². The lowest BCUT2D eigenvalue weighted by Crippen LogP contribution is -2.49. The number of anilines is 1. The van der Waals surface area contributed by atoms with Crippen molar-refractivity contribution in [3.8, 4) is 22.6 Å². The highest BCUT2D eigenvalue weighted by molar-refractivity contribution is 6.34. The number of carbonyl (C=O) groups excluding carboxylic acids is 5. The molecule has 0 radical (unpaired) electrons. The first kappa shape index (κ1) is 49.0. The minimum absolute atomic E-state index is 0.0189. The summed E-state index contributed by atoms with van der Waals surface area (Å²) in [6, 6.07) is 19.0. The van der Waals surface area contributed by atoms with Crippen molar-refractivity contribution in [3.63, 3.8) is 0 Å². The minimum Gasteiger partial charge on any atom is -0.494 e. The number of halogens is 3. The van der Waals surface area contributed by atoms with Gasteiger partial charge in [0.15, 0.2) is 23.0 Å². The zero-order valence-electron chi connectivity index (χ0n) is 40.6. The molecule has 72 heavy (non-hydrogen) atoms. The largest absolute Gasteiger partial charge is 0.494 e. The van der Waals surface area contributed by atoms with Gasteiger partial charge in [-0.1, -0.05) is 61.0 Å². The van der Waals surface area contributed by atoms with Crippen LogP contribution < -0.4 is 30.7 Å². The minimum atomic E-state index is -1.10. The van der Waals surface area contributed by atoms with Crippen molar-refractivity contribution < 1.29 is 42.2 Å². The van der Waals surface area contributed by atoms with Gasteiger partial charge < -0.3 is 30.3 Å². The number of nitrogens with zero attached hydrogens (tertiary/aromatic N) is 5. The molecule has 378 valence electrons. The molecule has 5 aromatic rings. The first-order valence-electron chi connectivity index (χ1n) is 25.0. The Morgan fingerprint density at radius 3 is 2.19 bits per heavy atom. The molecule has 1 saturated carbocycles. The number of hydrogen-bond acceptors (Lipinski definition) is 9. The fourth-order valence-corrected chi connectivity index (χ4v) is 12.4. The van der Waals surface area contributed by atoms with Gasteiger partial charge in [-0.15, -0.1) is 0 Å². The molecule has 5 aliphatic rings. The monoisotopic (exact) mass is 1000 g/mol. The van der Waals surface area contributed by atoms with Gasteiger partial charge in [-0.2, -0.15) is 5.10 Å². The van der Waals surface area contributed by atoms with Crippen molar-refractivity contribution in [1.82, 2.24) is 30.2 Å². The number of likely N-dealkylation sites (tertiary alicyclic amines) is 2. The van der Waals surface area contributed by atoms with E-state index in [1.807, 2.05) is 70.9 Å². The van der Waals surface area contributed by atoms with Crippen molar-refractivity contribution in [1.29, 1.82) is 0 Å². The van der Waals surface area contributed by atoms with Crippen LogP contribution in [0.5, 0.6) is 11.5 Å². The molecule has 4 aromatic carbocycles. The molecule has 15 nitrogen and oxygen atoms in total. The highest BCUT2D eigenvalue weighted by Crippen LogP contribution is 2.56. The van der Waals surface area contributed by atoms with Crippen LogP contribution in [0.25, 0.3) is 22.0 Å². The van der Waals surface area contributed by atoms with Crippen LogP contribution in [-0.2, 0) is 27.0 Å². The van der Waals surface area contributed by atoms with Crippen molar-refractivity contribution in [2.24, 2.45) is 24.6 Å². The van der Waals surface area contributed by atoms with Crippen LogP contribution in [0.3, 0.4) is 0 Å². The highest BCUT2D eigenvalue weighted by atomic mass is 35.5. The van der Waals surface area contributed by atoms with Gasteiger partial charge in [0.25, 0.3) is 0 Å². The number of nitrogens with one attached hydrogen (secondary N) is 2. The second kappa shape index (κ2) is 19.8. The fourth-order valence-electron chi connectivity index (χ4n) is 12.1. The van der Waals surface area contributed by atoms with E-state index in [2.05, 4.69) is 16.7 Å². The number of rotatable bonds is 11. The number of carbonyl (C=O) groups is 5. The lowest BCUT2D eigenvalue weighted by atomic mass is 9.77. The number of para-hydroxylation sites is 1. The van der Waals surface area contributed by atoms with Gasteiger partial charge in [0.2, 0.25) is 23.6 Å². The molecule has 2 atom stereocenters. The fraction of sp³-hybridized carbons (Fsp3) is 0.444. The number of piperidine rings is 2. The molecule has 1 aromatic heterocycles. The molecule has 0 spiro atoms. The predicted octanol–water partition coefficient (Wildman–Crippen LogP) is 7.91. The van der Waals surface area contributed by atoms with E-state index < -0.39 is 35.1 Å². The maximum atomic E-state index is 16.2. The van der Waals surface area contributed by atoms with E-state index in [9.17, 15) is 24.0 Å². The van der Waals surface area contributed by atoms with Gasteiger partial charge in [-0.05, 0) is 86.6 Å². The number of urea groups is 1. The molecule has 1 aliphatic carbocycles. The number of ether oxygens (including phenoxy) is 2. The molecule has 3 saturated heterocycles. The van der Waals surface area contributed by atoms with Crippen molar-refractivity contribution >= 4 is 58.0 Å². The molecule has 4 aliphatic heterocycles. The summed E-state index contributed by atoms with van der Waals surface area (Å²) in [6.07, 6.45) is 5.93. The van der Waals surface area contributed by atoms with E-state index in [0.29, 0.717) is 69.8 Å². The number of imide groups is 1. The van der Waals surface area contributed by atoms with E-state index in [1.54, 1.807) is 0 Å². The number of aryl methyl sites for hydroxylation is 1. The summed E-state index contributed by atoms with van der Waals surface area (Å²) in [4.78, 5) is 70.5. The Balaban J connectivity index is 0.746. The maximum Gasteiger partial charge on any atom is 0.329 e. The predicted molar refractivity (Wildman–Crippen MR) is 267 cm³/mol. The summed E-state index contributed by atoms with van der Waals surface area (Å²) < 4.78 is 45.9. The average molecular weight is 1010 g/mol. The van der Waals surface area contributed by atoms with Gasteiger partial charge in [0.05, 0.1) is 23.2 Å². The Labute approximate surface area is 421 Å². The lowest BCUT2D eigenvalue weighted by Gasteiger charge is -2.39. The van der Waals surface area contributed by atoms with Crippen LogP contribution in [0.15, 0.2) is 66.7 Å². The summed E-state index contributed by atoms with van der Waals surface area (Å²) in [7, 11) is 3.16. The van der Waals surface area contributed by atoms with Crippen LogP contribution in [0, 0.1) is 23.5 Å². The van der Waals surface area contributed by atoms with Crippen molar-refractivity contribution in [2.75, 3.05) is 51.3 Å². The molecule has 6 amide bonds. The second-order valence-electron chi connectivity index (χ2n) is 20.0. The van der Waals surface area contributed by atoms with Crippen LogP contribution in [-0.4, -0.2) is 102 Å². The quantitative estimate of drug-likeness (QED) is 0.119. The number of fused-ring (bicyclic) bond motifs is 2. The molecule has 5 heterocycles. The van der Waals surface area contributed by atoms with Gasteiger partial charge >= 0.3 is 6.03 Å². The number of nitrogens with two attached hydrogens (primary N) is 1. The van der Waals surface area contributed by atoms with E-state index in [1.165, 1.54) is 30.2 Å². The second-order valence-corrected chi connectivity index (χ2v) is 20.4. The van der Waals surface area contributed by atoms with Gasteiger partial charge in [0.1, 0.15) is 11.6 Å². The summed E-state index contributed by atoms with van der Waals surface area (Å²) in [5, 5.41) is 11.3. The van der Waals surface area contributed by atoms with Gasteiger partial charge in [0, 0.05) is 105 Å². The standard InChI is InChI=1S/C54H59ClF2N8O7/c1-30-43-41(28-39(56)46(55)45(43)44-37(49(58)67)16-17-40(71-3)47(44)57)72-54(30,34-8-5-4-6-9-34)29-59-35-14-12-32(13-15-35)51(68)64-25-20-33(21-26-64)52(69)63-23-18-31(19-24-63)36-10-7-11-38-48(36)62(2)61-50(38)65-27-22-42(66)60-53(65)70/h4-11,16-17,28,30-33,35,59H,12-15,18-27,29H2,1-3H3,(H2,58,67)(H,60,66,70). The zero-order valence-corrected chi connectivity index (χ0v) is 41.4. The lowest BCUT2D eigenvalue weighted by molar-refractivity contribution is -0.143. The molecular weight excluding hydrogens is 946 g/mol. The SMILES string of the molecule is COc1ccc(C(N)=O)c(-c2c(Cl)c(F)cc3c2C(C)C(CNC2CCC(C(=O)N4CCC(C(=O)N5CCC(c6cccc7c(N8CCC(=O)NC8=O)nn(C)c67)CC5)CC4)CC2)(c2ccccc2)O3)c1F. The molecule has 18 heteroatoms. The third kappa shape index (κ3) is 8.71. The number of primary amides is 1. The Hall–Kier alpha value is -6.59. The summed E-state index contributed by atoms with van der Waals surface area (Å²) in [6.45, 7) is 4.84. The smallest absolute Gasteiger partial charge is 0.329 e. The van der Waals surface area contributed by atoms with Gasteiger partial charge in [-0.3, -0.25) is 34.1 Å². The molecule has 4 N–H and O–H groups in total. The topological polar surface area (TPSA) is 181 Å². The molecule has 10 rings (SSSR count). The first-order chi connectivity index (χ1) is 34.7. The first-order valence-corrected chi connectivity index (χ1v) is 25.4. The van der Waals surface area contributed by atoms with Crippen LogP contribution in [0.2, 0.25) is 5.02 Å². The Morgan fingerprint density at radius 1 is 0.875 bits per heavy atom. The number of benzene rings is 4. The molecular formula is C54H59ClF2N8O7. The third-order valence-corrected chi connectivity index (χ3v) is 16.4. The van der Waals surface area contributed by atoms with Crippen molar-refractivity contribution in [2.45, 2.75) is 88.2 Å². The highest BCUT2D eigenvalue weighted by Gasteiger charge is 2.50. The maximum absolute atomic E-state index is 16.2. The molecule has 2 unspecified atom stereocenters. The normalized spacial score (nSPS) is 23.0. The molecule has 4 fully saturated rings. The number of methoxy groups -OCH3 is 1. The van der Waals surface area contributed by atoms with E-state index in [-0.39, 0.29) is 87.7 Å². The summed E-state index contributed by atoms with van der Waals surface area (Å²) in [5.41, 5.74) is 7.52. The number of hydrogen-bond donors (Lipinski definition) is 3. The third-order valence-electron chi connectivity index (χ3n) is 16.1. The summed E-state index contributed by atoms with van der Waals surface area (Å²) in [5.74, 6) is -2.71. The Morgan fingerprint density at radius 2 is 1.54 bits per heavy atom. The van der Waals surface area contributed by atoms with Crippen molar-refractivity contribution in [3.05, 3.63) is 106 Å². The average Bonchev–Trinajstić information content (AvgIpc) is 3.88. The van der Waals surface area contributed by atoms with Crippen LogP contribution in [0.4, 0.5) is 19.4 Å². The summed E-state index contributed by atoms with van der Waals surface area (Å²) >= 11 is 6.70. The van der Waals surface area contributed by atoms with Gasteiger partial charge in [-0.25, -0.2) is 13.6 Å². The van der Waals surface area contributed by atoms with E-state index >= 15 is 8.78 Å². The Kier molecular flexibility index (Phi) is 13.5. The van der Waals surface area contributed by atoms with E-state index in [0.717, 1.165) is 47.7 Å².